The summed E-state index contributed by atoms with van der Waals surface area (Å²) in [4.78, 5) is 23.6. The lowest BCUT2D eigenvalue weighted by molar-refractivity contribution is 0.0850. The third-order valence-electron chi connectivity index (χ3n) is 3.85. The van der Waals surface area contributed by atoms with Crippen LogP contribution in [0.4, 0.5) is 0 Å². The number of Topliss-reactive ketones (excluding diaryl/α,β-unsaturated/α-hetero) is 1. The Morgan fingerprint density at radius 1 is 0.955 bits per heavy atom. The number of hydrogen-bond donors (Lipinski definition) is 0. The molecule has 1 aliphatic heterocycles. The highest BCUT2D eigenvalue weighted by atomic mass is 16.5. The molecule has 0 radical (unpaired) electrons. The van der Waals surface area contributed by atoms with Crippen LogP contribution in [0.5, 0.6) is 5.75 Å². The zero-order valence-corrected chi connectivity index (χ0v) is 11.6. The van der Waals surface area contributed by atoms with Gasteiger partial charge in [0.05, 0.1) is 12.0 Å². The number of para-hydroxylation sites is 1. The molecule has 0 amide bonds. The fourth-order valence-corrected chi connectivity index (χ4v) is 2.74. The van der Waals surface area contributed by atoms with E-state index < -0.39 is 5.63 Å². The van der Waals surface area contributed by atoms with E-state index in [1.807, 2.05) is 24.3 Å². The first kappa shape index (κ1) is 12.8. The van der Waals surface area contributed by atoms with Crippen LogP contribution in [0.25, 0.3) is 11.0 Å². The first-order valence-electron chi connectivity index (χ1n) is 7.03. The van der Waals surface area contributed by atoms with Crippen molar-refractivity contribution in [3.63, 3.8) is 0 Å². The SMILES string of the molecule is O=C1CC(c2ccc3ccc(=O)oc3c2)Oc2ccccc21. The number of benzene rings is 2. The molecule has 4 heteroatoms. The van der Waals surface area contributed by atoms with E-state index in [1.165, 1.54) is 6.07 Å². The highest BCUT2D eigenvalue weighted by Gasteiger charge is 2.27. The predicted octanol–water partition coefficient (Wildman–Crippen LogP) is 3.50. The van der Waals surface area contributed by atoms with Crippen molar-refractivity contribution >= 4 is 16.8 Å². The first-order chi connectivity index (χ1) is 10.7. The minimum absolute atomic E-state index is 0.0569. The van der Waals surface area contributed by atoms with Gasteiger partial charge in [0.25, 0.3) is 0 Å². The molecule has 4 rings (SSSR count). The van der Waals surface area contributed by atoms with E-state index >= 15 is 0 Å². The maximum atomic E-state index is 12.2. The third-order valence-corrected chi connectivity index (χ3v) is 3.85. The molecular weight excluding hydrogens is 280 g/mol. The van der Waals surface area contributed by atoms with E-state index in [-0.39, 0.29) is 18.3 Å². The van der Waals surface area contributed by atoms with Crippen LogP contribution >= 0.6 is 0 Å². The van der Waals surface area contributed by atoms with Crippen molar-refractivity contribution in [2.45, 2.75) is 12.5 Å². The van der Waals surface area contributed by atoms with Crippen molar-refractivity contribution in [3.8, 4) is 5.75 Å². The summed E-state index contributed by atoms with van der Waals surface area (Å²) in [6.07, 6.45) is -0.0862. The average Bonchev–Trinajstić information content (AvgIpc) is 2.54. The Balaban J connectivity index is 1.77. The molecule has 0 N–H and O–H groups in total. The van der Waals surface area contributed by atoms with E-state index in [0.717, 1.165) is 10.9 Å². The molecule has 1 atom stereocenters. The lowest BCUT2D eigenvalue weighted by Gasteiger charge is -2.25. The molecule has 22 heavy (non-hydrogen) atoms. The van der Waals surface area contributed by atoms with E-state index in [0.29, 0.717) is 16.9 Å². The second-order valence-electron chi connectivity index (χ2n) is 5.28. The third kappa shape index (κ3) is 2.09. The number of carbonyl (C=O) groups is 1. The van der Waals surface area contributed by atoms with Crippen molar-refractivity contribution in [2.24, 2.45) is 0 Å². The summed E-state index contributed by atoms with van der Waals surface area (Å²) in [6, 6.07) is 15.9. The van der Waals surface area contributed by atoms with Crippen molar-refractivity contribution in [2.75, 3.05) is 0 Å². The van der Waals surface area contributed by atoms with Gasteiger partial charge in [-0.15, -0.1) is 0 Å². The molecule has 2 heterocycles. The highest BCUT2D eigenvalue weighted by molar-refractivity contribution is 6.00. The first-order valence-corrected chi connectivity index (χ1v) is 7.03. The van der Waals surface area contributed by atoms with E-state index in [9.17, 15) is 9.59 Å². The molecule has 0 spiro atoms. The summed E-state index contributed by atoms with van der Waals surface area (Å²) in [7, 11) is 0. The number of fused-ring (bicyclic) bond motifs is 2. The van der Waals surface area contributed by atoms with Crippen LogP contribution < -0.4 is 10.4 Å². The van der Waals surface area contributed by atoms with Crippen molar-refractivity contribution in [1.82, 2.24) is 0 Å². The quantitative estimate of drug-likeness (QED) is 0.644. The van der Waals surface area contributed by atoms with Crippen LogP contribution in [0.15, 0.2) is 63.8 Å². The predicted molar refractivity (Wildman–Crippen MR) is 81.2 cm³/mol. The average molecular weight is 292 g/mol. The molecule has 1 aromatic heterocycles. The Kier molecular flexibility index (Phi) is 2.82. The number of carbonyl (C=O) groups excluding carboxylic acids is 1. The van der Waals surface area contributed by atoms with Crippen LogP contribution in [0.3, 0.4) is 0 Å². The molecule has 0 saturated carbocycles. The number of ether oxygens (including phenoxy) is 1. The molecule has 0 saturated heterocycles. The van der Waals surface area contributed by atoms with Gasteiger partial charge in [-0.05, 0) is 29.8 Å². The fraction of sp³-hybridized carbons (Fsp3) is 0.111. The Labute approximate surface area is 126 Å². The van der Waals surface area contributed by atoms with Gasteiger partial charge in [0.15, 0.2) is 5.78 Å². The molecule has 3 aromatic rings. The lowest BCUT2D eigenvalue weighted by Crippen LogP contribution is -2.20. The Morgan fingerprint density at radius 2 is 1.77 bits per heavy atom. The van der Waals surface area contributed by atoms with Gasteiger partial charge in [0.2, 0.25) is 0 Å². The van der Waals surface area contributed by atoms with Gasteiger partial charge < -0.3 is 9.15 Å². The van der Waals surface area contributed by atoms with Gasteiger partial charge in [-0.2, -0.15) is 0 Å². The summed E-state index contributed by atoms with van der Waals surface area (Å²) in [5, 5.41) is 0.839. The van der Waals surface area contributed by atoms with Crippen molar-refractivity contribution in [1.29, 1.82) is 0 Å². The normalized spacial score (nSPS) is 17.1. The van der Waals surface area contributed by atoms with E-state index in [1.54, 1.807) is 24.3 Å². The molecule has 0 fully saturated rings. The maximum absolute atomic E-state index is 12.2. The zero-order chi connectivity index (χ0) is 15.1. The zero-order valence-electron chi connectivity index (χ0n) is 11.6. The largest absolute Gasteiger partial charge is 0.484 e. The Bertz CT molecular complexity index is 939. The van der Waals surface area contributed by atoms with Crippen LogP contribution in [0, 0.1) is 0 Å². The van der Waals surface area contributed by atoms with E-state index in [2.05, 4.69) is 0 Å². The lowest BCUT2D eigenvalue weighted by atomic mass is 9.96. The molecular formula is C18H12O4. The molecule has 0 aliphatic carbocycles. The van der Waals surface area contributed by atoms with Gasteiger partial charge in [-0.1, -0.05) is 24.3 Å². The monoisotopic (exact) mass is 292 g/mol. The Morgan fingerprint density at radius 3 is 2.68 bits per heavy atom. The maximum Gasteiger partial charge on any atom is 0.336 e. The highest BCUT2D eigenvalue weighted by Crippen LogP contribution is 2.35. The van der Waals surface area contributed by atoms with Crippen LogP contribution in [-0.2, 0) is 0 Å². The number of rotatable bonds is 1. The molecule has 2 aromatic carbocycles. The summed E-state index contributed by atoms with van der Waals surface area (Å²) >= 11 is 0. The minimum Gasteiger partial charge on any atom is -0.484 e. The van der Waals surface area contributed by atoms with Gasteiger partial charge in [0.1, 0.15) is 17.4 Å². The van der Waals surface area contributed by atoms with Crippen LogP contribution in [0.2, 0.25) is 0 Å². The molecule has 4 nitrogen and oxygen atoms in total. The molecule has 1 aliphatic rings. The standard InChI is InChI=1S/C18H12O4/c19-14-10-17(21-15-4-2-1-3-13(14)15)12-6-5-11-7-8-18(20)22-16(11)9-12/h1-9,17H,10H2. The fourth-order valence-electron chi connectivity index (χ4n) is 2.74. The summed E-state index contributed by atoms with van der Waals surface area (Å²) in [5.41, 5.74) is 1.55. The van der Waals surface area contributed by atoms with Crippen molar-refractivity contribution < 1.29 is 13.9 Å². The Hall–Kier alpha value is -2.88. The summed E-state index contributed by atoms with van der Waals surface area (Å²) in [6.45, 7) is 0. The van der Waals surface area contributed by atoms with E-state index in [4.69, 9.17) is 9.15 Å². The van der Waals surface area contributed by atoms with Gasteiger partial charge >= 0.3 is 5.63 Å². The summed E-state index contributed by atoms with van der Waals surface area (Å²) < 4.78 is 11.1. The molecule has 108 valence electrons. The van der Waals surface area contributed by atoms with Gasteiger partial charge in [0, 0.05) is 11.5 Å². The molecule has 1 unspecified atom stereocenters. The van der Waals surface area contributed by atoms with Crippen LogP contribution in [0.1, 0.15) is 28.4 Å². The van der Waals surface area contributed by atoms with Gasteiger partial charge in [-0.25, -0.2) is 4.79 Å². The van der Waals surface area contributed by atoms with Gasteiger partial charge in [-0.3, -0.25) is 4.79 Å². The van der Waals surface area contributed by atoms with Crippen LogP contribution in [-0.4, -0.2) is 5.78 Å². The number of ketones is 1. The summed E-state index contributed by atoms with van der Waals surface area (Å²) in [5.74, 6) is 0.653. The smallest absolute Gasteiger partial charge is 0.336 e. The van der Waals surface area contributed by atoms with Crippen molar-refractivity contribution in [3.05, 3.63) is 76.1 Å². The second kappa shape index (κ2) is 4.84. The molecule has 0 bridgehead atoms. The minimum atomic E-state index is -0.393. The number of hydrogen-bond acceptors (Lipinski definition) is 4. The second-order valence-corrected chi connectivity index (χ2v) is 5.28. The topological polar surface area (TPSA) is 56.5 Å².